The van der Waals surface area contributed by atoms with Gasteiger partial charge in [0.15, 0.2) is 0 Å². The lowest BCUT2D eigenvalue weighted by Crippen LogP contribution is -2.41. The molecule has 0 aromatic carbocycles. The van der Waals surface area contributed by atoms with E-state index in [1.54, 1.807) is 7.11 Å². The number of carbonyl (C=O) groups excluding carboxylic acids is 1. The van der Waals surface area contributed by atoms with Gasteiger partial charge in [-0.25, -0.2) is 4.98 Å². The van der Waals surface area contributed by atoms with Gasteiger partial charge >= 0.3 is 0 Å². The smallest absolute Gasteiger partial charge is 0.255 e. The van der Waals surface area contributed by atoms with Gasteiger partial charge in [0, 0.05) is 26.4 Å². The summed E-state index contributed by atoms with van der Waals surface area (Å²) in [5, 5.41) is 0.341. The van der Waals surface area contributed by atoms with Gasteiger partial charge < -0.3 is 15.4 Å². The highest BCUT2D eigenvalue weighted by molar-refractivity contribution is 6.33. The second-order valence-electron chi connectivity index (χ2n) is 4.80. The van der Waals surface area contributed by atoms with Gasteiger partial charge in [0.2, 0.25) is 0 Å². The Bertz CT molecular complexity index is 465. The lowest BCUT2D eigenvalue weighted by atomic mass is 9.98. The molecule has 0 bridgehead atoms. The van der Waals surface area contributed by atoms with E-state index in [0.717, 1.165) is 19.4 Å². The Labute approximate surface area is 117 Å². The third kappa shape index (κ3) is 3.36. The van der Waals surface area contributed by atoms with Crippen LogP contribution < -0.4 is 5.73 Å². The van der Waals surface area contributed by atoms with Crippen molar-refractivity contribution in [1.82, 2.24) is 9.88 Å². The topological polar surface area (TPSA) is 68.5 Å². The summed E-state index contributed by atoms with van der Waals surface area (Å²) in [5.74, 6) is 0.610. The SMILES string of the molecule is COCC1CCCN(C(=O)c2cc(N)ncc2Cl)C1. The number of nitrogen functional groups attached to an aromatic ring is 1. The van der Waals surface area contributed by atoms with E-state index in [4.69, 9.17) is 22.1 Å². The zero-order chi connectivity index (χ0) is 13.8. The van der Waals surface area contributed by atoms with Gasteiger partial charge in [-0.3, -0.25) is 4.79 Å². The standard InChI is InChI=1S/C13H18ClN3O2/c1-19-8-9-3-2-4-17(7-9)13(18)10-5-12(15)16-6-11(10)14/h5-6,9H,2-4,7-8H2,1H3,(H2,15,16). The molecule has 19 heavy (non-hydrogen) atoms. The molecular formula is C13H18ClN3O2. The number of aromatic nitrogens is 1. The number of likely N-dealkylation sites (tertiary alicyclic amines) is 1. The van der Waals surface area contributed by atoms with Crippen molar-refractivity contribution in [1.29, 1.82) is 0 Å². The average Bonchev–Trinajstić information content (AvgIpc) is 2.41. The largest absolute Gasteiger partial charge is 0.384 e. The summed E-state index contributed by atoms with van der Waals surface area (Å²) >= 11 is 6.02. The van der Waals surface area contributed by atoms with Gasteiger partial charge in [-0.1, -0.05) is 11.6 Å². The molecule has 6 heteroatoms. The summed E-state index contributed by atoms with van der Waals surface area (Å²) in [5.41, 5.74) is 6.03. The number of hydrogen-bond acceptors (Lipinski definition) is 4. The van der Waals surface area contributed by atoms with E-state index < -0.39 is 0 Å². The molecule has 1 aliphatic rings. The van der Waals surface area contributed by atoms with E-state index in [1.165, 1.54) is 12.3 Å². The summed E-state index contributed by atoms with van der Waals surface area (Å²) in [4.78, 5) is 18.1. The third-order valence-electron chi connectivity index (χ3n) is 3.32. The molecule has 2 heterocycles. The molecule has 1 aromatic rings. The van der Waals surface area contributed by atoms with Gasteiger partial charge in [0.1, 0.15) is 5.82 Å². The lowest BCUT2D eigenvalue weighted by Gasteiger charge is -2.32. The zero-order valence-corrected chi connectivity index (χ0v) is 11.7. The highest BCUT2D eigenvalue weighted by atomic mass is 35.5. The molecule has 1 aromatic heterocycles. The number of anilines is 1. The monoisotopic (exact) mass is 283 g/mol. The molecule has 1 atom stereocenters. The van der Waals surface area contributed by atoms with Crippen LogP contribution in [0.5, 0.6) is 0 Å². The molecule has 1 unspecified atom stereocenters. The number of halogens is 1. The fraction of sp³-hybridized carbons (Fsp3) is 0.538. The van der Waals surface area contributed by atoms with Crippen molar-refractivity contribution in [3.05, 3.63) is 22.8 Å². The van der Waals surface area contributed by atoms with Crippen molar-refractivity contribution in [2.24, 2.45) is 5.92 Å². The summed E-state index contributed by atoms with van der Waals surface area (Å²) in [6.45, 7) is 2.12. The predicted molar refractivity (Wildman–Crippen MR) is 74.2 cm³/mol. The average molecular weight is 284 g/mol. The molecule has 1 fully saturated rings. The first-order valence-corrected chi connectivity index (χ1v) is 6.69. The molecule has 2 rings (SSSR count). The number of carbonyl (C=O) groups is 1. The maximum atomic E-state index is 12.4. The van der Waals surface area contributed by atoms with E-state index in [1.807, 2.05) is 4.90 Å². The van der Waals surface area contributed by atoms with Crippen LogP contribution in [0.25, 0.3) is 0 Å². The van der Waals surface area contributed by atoms with Crippen LogP contribution in [-0.4, -0.2) is 42.6 Å². The molecular weight excluding hydrogens is 266 g/mol. The van der Waals surface area contributed by atoms with Gasteiger partial charge in [0.05, 0.1) is 17.2 Å². The van der Waals surface area contributed by atoms with Crippen molar-refractivity contribution in [2.75, 3.05) is 32.5 Å². The summed E-state index contributed by atoms with van der Waals surface area (Å²) in [7, 11) is 1.68. The van der Waals surface area contributed by atoms with Crippen molar-refractivity contribution in [3.8, 4) is 0 Å². The molecule has 0 saturated carbocycles. The Morgan fingerprint density at radius 2 is 2.47 bits per heavy atom. The molecule has 0 spiro atoms. The highest BCUT2D eigenvalue weighted by Gasteiger charge is 2.25. The first kappa shape index (κ1) is 14.1. The number of pyridine rings is 1. The summed E-state index contributed by atoms with van der Waals surface area (Å²) in [6, 6.07) is 1.53. The van der Waals surface area contributed by atoms with E-state index in [0.29, 0.717) is 35.5 Å². The van der Waals surface area contributed by atoms with Crippen LogP contribution in [0.15, 0.2) is 12.3 Å². The molecule has 1 amide bonds. The maximum Gasteiger partial charge on any atom is 0.255 e. The quantitative estimate of drug-likeness (QED) is 0.919. The molecule has 5 nitrogen and oxygen atoms in total. The first-order valence-electron chi connectivity index (χ1n) is 6.31. The Morgan fingerprint density at radius 3 is 3.21 bits per heavy atom. The van der Waals surface area contributed by atoms with Crippen molar-refractivity contribution >= 4 is 23.3 Å². The summed E-state index contributed by atoms with van der Waals surface area (Å²) in [6.07, 6.45) is 3.49. The zero-order valence-electron chi connectivity index (χ0n) is 10.9. The maximum absolute atomic E-state index is 12.4. The Hall–Kier alpha value is -1.33. The number of piperidine rings is 1. The number of rotatable bonds is 3. The number of ether oxygens (including phenoxy) is 1. The minimum atomic E-state index is -0.0834. The van der Waals surface area contributed by atoms with Gasteiger partial charge in [0.25, 0.3) is 5.91 Å². The number of hydrogen-bond donors (Lipinski definition) is 1. The fourth-order valence-electron chi connectivity index (χ4n) is 2.41. The van der Waals surface area contributed by atoms with E-state index in [-0.39, 0.29) is 5.91 Å². The molecule has 0 radical (unpaired) electrons. The number of nitrogens with two attached hydrogens (primary N) is 1. The second-order valence-corrected chi connectivity index (χ2v) is 5.21. The van der Waals surface area contributed by atoms with Crippen LogP contribution in [0.1, 0.15) is 23.2 Å². The third-order valence-corrected chi connectivity index (χ3v) is 3.62. The molecule has 104 valence electrons. The van der Waals surface area contributed by atoms with Crippen LogP contribution in [0.4, 0.5) is 5.82 Å². The first-order chi connectivity index (χ1) is 9.11. The molecule has 1 saturated heterocycles. The minimum absolute atomic E-state index is 0.0834. The Kier molecular flexibility index (Phi) is 4.61. The minimum Gasteiger partial charge on any atom is -0.384 e. The van der Waals surface area contributed by atoms with Crippen LogP contribution in [0, 0.1) is 5.92 Å². The van der Waals surface area contributed by atoms with Crippen LogP contribution in [0.3, 0.4) is 0 Å². The predicted octanol–water partition coefficient (Wildman–Crippen LogP) is 1.82. The number of amides is 1. The van der Waals surface area contributed by atoms with Crippen molar-refractivity contribution < 1.29 is 9.53 Å². The van der Waals surface area contributed by atoms with E-state index in [9.17, 15) is 4.79 Å². The van der Waals surface area contributed by atoms with Crippen molar-refractivity contribution in [3.63, 3.8) is 0 Å². The Balaban J connectivity index is 2.12. The van der Waals surface area contributed by atoms with Crippen LogP contribution in [0.2, 0.25) is 5.02 Å². The van der Waals surface area contributed by atoms with Gasteiger partial charge in [-0.05, 0) is 24.8 Å². The molecule has 1 aliphatic heterocycles. The van der Waals surface area contributed by atoms with E-state index in [2.05, 4.69) is 4.98 Å². The second kappa shape index (κ2) is 6.21. The van der Waals surface area contributed by atoms with Crippen LogP contribution in [-0.2, 0) is 4.74 Å². The lowest BCUT2D eigenvalue weighted by molar-refractivity contribution is 0.0571. The van der Waals surface area contributed by atoms with Gasteiger partial charge in [-0.2, -0.15) is 0 Å². The Morgan fingerprint density at radius 1 is 1.68 bits per heavy atom. The number of nitrogens with zero attached hydrogens (tertiary/aromatic N) is 2. The molecule has 0 aliphatic carbocycles. The fourth-order valence-corrected chi connectivity index (χ4v) is 2.59. The van der Waals surface area contributed by atoms with Crippen LogP contribution >= 0.6 is 11.6 Å². The normalized spacial score (nSPS) is 19.5. The molecule has 2 N–H and O–H groups in total. The van der Waals surface area contributed by atoms with Gasteiger partial charge in [-0.15, -0.1) is 0 Å². The van der Waals surface area contributed by atoms with Crippen molar-refractivity contribution in [2.45, 2.75) is 12.8 Å². The van der Waals surface area contributed by atoms with E-state index >= 15 is 0 Å². The number of methoxy groups -OCH3 is 1. The summed E-state index contributed by atoms with van der Waals surface area (Å²) < 4.78 is 5.16. The highest BCUT2D eigenvalue weighted by Crippen LogP contribution is 2.23.